The van der Waals surface area contributed by atoms with Gasteiger partial charge in [-0.3, -0.25) is 19.4 Å². The van der Waals surface area contributed by atoms with E-state index in [0.29, 0.717) is 24.7 Å². The molecule has 2 aliphatic heterocycles. The second-order valence-corrected chi connectivity index (χ2v) is 11.3. The van der Waals surface area contributed by atoms with Crippen LogP contribution in [0.2, 0.25) is 5.02 Å². The molecule has 0 aliphatic carbocycles. The standard InChI is InChI=1S/C29H27ClF5N9O/c30-20-4-3-19(27(34)35)25(26(20)33)23-9-36-10-24(41-23)28(45)40-17-8-39-43(12-17)11-16-6-37-29(38-7-16)44-5-1-2-18(44)13-42-14-21(31)22(32)15-42/h3-4,6-10,12,18,21-22,27H,1-2,5,11,13-15H2,(H,40,45)/t18?,21-,22-/m0/s1. The van der Waals surface area contributed by atoms with Crippen molar-refractivity contribution in [3.05, 3.63) is 77.0 Å². The van der Waals surface area contributed by atoms with E-state index in [1.54, 1.807) is 23.3 Å². The molecule has 10 nitrogen and oxygen atoms in total. The maximum atomic E-state index is 14.7. The van der Waals surface area contributed by atoms with E-state index in [1.807, 2.05) is 4.90 Å². The third kappa shape index (κ3) is 6.73. The largest absolute Gasteiger partial charge is 0.337 e. The second-order valence-electron chi connectivity index (χ2n) is 10.9. The molecule has 236 valence electrons. The number of aromatic nitrogens is 6. The molecule has 0 radical (unpaired) electrons. The molecule has 0 bridgehead atoms. The lowest BCUT2D eigenvalue weighted by atomic mass is 10.0. The highest BCUT2D eigenvalue weighted by Gasteiger charge is 2.36. The number of amides is 1. The van der Waals surface area contributed by atoms with Gasteiger partial charge in [0.2, 0.25) is 5.95 Å². The van der Waals surface area contributed by atoms with Gasteiger partial charge in [-0.1, -0.05) is 17.7 Å². The van der Waals surface area contributed by atoms with E-state index in [-0.39, 0.29) is 35.5 Å². The molecule has 3 atom stereocenters. The molecule has 45 heavy (non-hydrogen) atoms. The number of rotatable bonds is 9. The van der Waals surface area contributed by atoms with Crippen LogP contribution in [0.25, 0.3) is 11.3 Å². The summed E-state index contributed by atoms with van der Waals surface area (Å²) >= 11 is 5.80. The van der Waals surface area contributed by atoms with Crippen LogP contribution in [0.4, 0.5) is 33.6 Å². The first-order valence-electron chi connectivity index (χ1n) is 14.2. The van der Waals surface area contributed by atoms with E-state index >= 15 is 0 Å². The number of alkyl halides is 4. The van der Waals surface area contributed by atoms with E-state index in [0.717, 1.165) is 49.5 Å². The number of likely N-dealkylation sites (tertiary alicyclic amines) is 1. The monoisotopic (exact) mass is 647 g/mol. The van der Waals surface area contributed by atoms with Crippen molar-refractivity contribution in [2.75, 3.05) is 36.4 Å². The molecule has 2 saturated heterocycles. The van der Waals surface area contributed by atoms with E-state index < -0.39 is 41.6 Å². The Labute approximate surface area is 259 Å². The van der Waals surface area contributed by atoms with Gasteiger partial charge in [-0.25, -0.2) is 36.9 Å². The fourth-order valence-electron chi connectivity index (χ4n) is 5.61. The molecule has 4 aromatic rings. The number of nitrogens with zero attached hydrogens (tertiary/aromatic N) is 8. The zero-order valence-electron chi connectivity index (χ0n) is 23.6. The fourth-order valence-corrected chi connectivity index (χ4v) is 5.77. The zero-order valence-corrected chi connectivity index (χ0v) is 24.4. The number of carbonyl (C=O) groups excluding carboxylic acids is 1. The highest BCUT2D eigenvalue weighted by Crippen LogP contribution is 2.35. The SMILES string of the molecule is O=C(Nc1cnn(Cc2cnc(N3CCCC3CN3C[C@H](F)[C@@H](F)C3)nc2)c1)c1cncc(-c2c(C(F)F)ccc(Cl)c2F)n1. The van der Waals surface area contributed by atoms with Gasteiger partial charge in [0.05, 0.1) is 41.5 Å². The minimum absolute atomic E-state index is 0.0758. The first-order chi connectivity index (χ1) is 21.7. The predicted octanol–water partition coefficient (Wildman–Crippen LogP) is 5.12. The Morgan fingerprint density at radius 3 is 2.56 bits per heavy atom. The van der Waals surface area contributed by atoms with Crippen LogP contribution in [0.5, 0.6) is 0 Å². The molecule has 5 heterocycles. The number of hydrogen-bond donors (Lipinski definition) is 1. The zero-order chi connectivity index (χ0) is 31.7. The Morgan fingerprint density at radius 2 is 1.82 bits per heavy atom. The molecule has 2 fully saturated rings. The van der Waals surface area contributed by atoms with Crippen molar-refractivity contribution in [1.29, 1.82) is 0 Å². The molecule has 0 saturated carbocycles. The normalized spacial score (nSPS) is 20.3. The number of carbonyl (C=O) groups is 1. The van der Waals surface area contributed by atoms with Crippen molar-refractivity contribution in [1.82, 2.24) is 34.6 Å². The van der Waals surface area contributed by atoms with Crippen molar-refractivity contribution < 1.29 is 26.7 Å². The van der Waals surface area contributed by atoms with Crippen LogP contribution < -0.4 is 10.2 Å². The van der Waals surface area contributed by atoms with Gasteiger partial charge in [0.15, 0.2) is 5.82 Å². The lowest BCUT2D eigenvalue weighted by Gasteiger charge is -2.28. The summed E-state index contributed by atoms with van der Waals surface area (Å²) in [6.45, 7) is 1.80. The molecular formula is C29H27ClF5N9O. The molecule has 2 aliphatic rings. The summed E-state index contributed by atoms with van der Waals surface area (Å²) in [6.07, 6.45) is 4.45. The number of halogens is 6. The van der Waals surface area contributed by atoms with Crippen LogP contribution >= 0.6 is 11.6 Å². The molecule has 1 aromatic carbocycles. The van der Waals surface area contributed by atoms with Crippen LogP contribution in [-0.4, -0.2) is 85.1 Å². The summed E-state index contributed by atoms with van der Waals surface area (Å²) in [7, 11) is 0. The average molecular weight is 648 g/mol. The van der Waals surface area contributed by atoms with Crippen LogP contribution in [0.3, 0.4) is 0 Å². The van der Waals surface area contributed by atoms with Gasteiger partial charge in [0.1, 0.15) is 18.0 Å². The minimum Gasteiger partial charge on any atom is -0.337 e. The second kappa shape index (κ2) is 13.0. The summed E-state index contributed by atoms with van der Waals surface area (Å²) in [4.78, 5) is 33.7. The van der Waals surface area contributed by atoms with Crippen molar-refractivity contribution in [2.45, 2.75) is 44.2 Å². The minimum atomic E-state index is -3.01. The van der Waals surface area contributed by atoms with Crippen LogP contribution in [0, 0.1) is 5.82 Å². The Balaban J connectivity index is 1.08. The molecular weight excluding hydrogens is 621 g/mol. The van der Waals surface area contributed by atoms with Crippen molar-refractivity contribution in [2.24, 2.45) is 0 Å². The van der Waals surface area contributed by atoms with E-state index in [1.165, 1.54) is 6.20 Å². The summed E-state index contributed by atoms with van der Waals surface area (Å²) in [6, 6.07) is 2.10. The quantitative estimate of drug-likeness (QED) is 0.250. The van der Waals surface area contributed by atoms with Crippen molar-refractivity contribution >= 4 is 29.1 Å². The summed E-state index contributed by atoms with van der Waals surface area (Å²) < 4.78 is 70.6. The smallest absolute Gasteiger partial charge is 0.275 e. The lowest BCUT2D eigenvalue weighted by molar-refractivity contribution is 0.102. The molecule has 1 N–H and O–H groups in total. The van der Waals surface area contributed by atoms with Gasteiger partial charge in [-0.15, -0.1) is 0 Å². The molecule has 1 amide bonds. The summed E-state index contributed by atoms with van der Waals surface area (Å²) in [5.74, 6) is -1.26. The van der Waals surface area contributed by atoms with Crippen molar-refractivity contribution in [3.63, 3.8) is 0 Å². The predicted molar refractivity (Wildman–Crippen MR) is 155 cm³/mol. The Kier molecular flexibility index (Phi) is 8.90. The van der Waals surface area contributed by atoms with Crippen LogP contribution in [-0.2, 0) is 6.54 Å². The van der Waals surface area contributed by atoms with E-state index in [2.05, 4.69) is 35.3 Å². The third-order valence-electron chi connectivity index (χ3n) is 7.77. The topological polar surface area (TPSA) is 105 Å². The first kappa shape index (κ1) is 30.8. The number of benzene rings is 1. The maximum absolute atomic E-state index is 14.7. The Bertz CT molecular complexity index is 1660. The van der Waals surface area contributed by atoms with Gasteiger partial charge < -0.3 is 10.2 Å². The third-order valence-corrected chi connectivity index (χ3v) is 8.07. The molecule has 1 unspecified atom stereocenters. The Morgan fingerprint density at radius 1 is 1.07 bits per heavy atom. The average Bonchev–Trinajstić information content (AvgIpc) is 3.75. The molecule has 16 heteroatoms. The number of nitrogens with one attached hydrogen (secondary N) is 1. The van der Waals surface area contributed by atoms with Gasteiger partial charge in [0.25, 0.3) is 12.3 Å². The maximum Gasteiger partial charge on any atom is 0.275 e. The summed E-state index contributed by atoms with van der Waals surface area (Å²) in [5, 5.41) is 6.48. The van der Waals surface area contributed by atoms with Gasteiger partial charge >= 0.3 is 0 Å². The van der Waals surface area contributed by atoms with E-state index in [4.69, 9.17) is 11.6 Å². The summed E-state index contributed by atoms with van der Waals surface area (Å²) in [5.41, 5.74) is -0.598. The van der Waals surface area contributed by atoms with Crippen molar-refractivity contribution in [3.8, 4) is 11.3 Å². The molecule has 3 aromatic heterocycles. The van der Waals surface area contributed by atoms with Gasteiger partial charge in [-0.2, -0.15) is 5.10 Å². The van der Waals surface area contributed by atoms with E-state index in [9.17, 15) is 26.7 Å². The molecule has 6 rings (SSSR count). The first-order valence-corrected chi connectivity index (χ1v) is 14.5. The highest BCUT2D eigenvalue weighted by molar-refractivity contribution is 6.31. The highest BCUT2D eigenvalue weighted by atomic mass is 35.5. The Hall–Kier alpha value is -4.24. The van der Waals surface area contributed by atoms with Gasteiger partial charge in [0, 0.05) is 67.5 Å². The van der Waals surface area contributed by atoms with Crippen LogP contribution in [0.1, 0.15) is 40.9 Å². The number of hydrogen-bond acceptors (Lipinski definition) is 8. The van der Waals surface area contributed by atoms with Gasteiger partial charge in [-0.05, 0) is 18.9 Å². The fraction of sp³-hybridized carbons (Fsp3) is 0.379. The molecule has 0 spiro atoms. The lowest BCUT2D eigenvalue weighted by Crippen LogP contribution is -2.40. The van der Waals surface area contributed by atoms with Crippen LogP contribution in [0.15, 0.2) is 49.3 Å². The number of anilines is 2.